The summed E-state index contributed by atoms with van der Waals surface area (Å²) in [5.41, 5.74) is 7.45. The first-order chi connectivity index (χ1) is 8.83. The summed E-state index contributed by atoms with van der Waals surface area (Å²) in [7, 11) is 0. The highest BCUT2D eigenvalue weighted by molar-refractivity contribution is 5.92. The summed E-state index contributed by atoms with van der Waals surface area (Å²) in [5.74, 6) is 0.914. The number of rotatable bonds is 2. The summed E-state index contributed by atoms with van der Waals surface area (Å²) in [6.45, 7) is 0. The number of benzene rings is 1. The zero-order chi connectivity index (χ0) is 12.4. The first kappa shape index (κ1) is 10.5. The van der Waals surface area contributed by atoms with E-state index in [0.29, 0.717) is 11.8 Å². The molecule has 0 radical (unpaired) electrons. The van der Waals surface area contributed by atoms with Crippen LogP contribution in [-0.2, 0) is 0 Å². The largest absolute Gasteiger partial charge is 0.384 e. The molecule has 0 fully saturated rings. The molecule has 88 valence electrons. The highest BCUT2D eigenvalue weighted by Gasteiger charge is 2.03. The van der Waals surface area contributed by atoms with E-state index < -0.39 is 0 Å². The Morgan fingerprint density at radius 2 is 1.89 bits per heavy atom. The van der Waals surface area contributed by atoms with Gasteiger partial charge in [-0.25, -0.2) is 4.98 Å². The van der Waals surface area contributed by atoms with Gasteiger partial charge in [-0.3, -0.25) is 4.98 Å². The predicted octanol–water partition coefficient (Wildman–Crippen LogP) is 2.35. The number of nitrogens with one attached hydrogen (secondary N) is 1. The average Bonchev–Trinajstić information content (AvgIpc) is 2.39. The highest BCUT2D eigenvalue weighted by Crippen LogP contribution is 2.23. The molecule has 2 aromatic heterocycles. The van der Waals surface area contributed by atoms with Gasteiger partial charge in [-0.1, -0.05) is 6.07 Å². The van der Waals surface area contributed by atoms with Crippen molar-refractivity contribution in [1.82, 2.24) is 15.0 Å². The molecule has 0 aliphatic heterocycles. The number of anilines is 3. The smallest absolute Gasteiger partial charge is 0.229 e. The summed E-state index contributed by atoms with van der Waals surface area (Å²) in [4.78, 5) is 12.5. The van der Waals surface area contributed by atoms with E-state index in [2.05, 4.69) is 20.3 Å². The Labute approximate surface area is 104 Å². The Hall–Kier alpha value is -2.69. The lowest BCUT2D eigenvalue weighted by atomic mass is 10.2. The van der Waals surface area contributed by atoms with Gasteiger partial charge in [0.2, 0.25) is 5.95 Å². The lowest BCUT2D eigenvalue weighted by molar-refractivity contribution is 1.18. The Morgan fingerprint density at radius 3 is 2.78 bits per heavy atom. The van der Waals surface area contributed by atoms with Gasteiger partial charge in [-0.15, -0.1) is 0 Å². The number of nitrogens with two attached hydrogens (primary N) is 1. The third-order valence-corrected chi connectivity index (χ3v) is 2.57. The standard InChI is InChI=1S/C13H11N5/c14-12-6-8-16-13(18-12)17-11-5-1-4-10-9(11)3-2-7-15-10/h1-8H,(H3,14,16,17,18). The van der Waals surface area contributed by atoms with Crippen molar-refractivity contribution in [3.8, 4) is 0 Å². The Kier molecular flexibility index (Phi) is 2.49. The molecule has 3 N–H and O–H groups in total. The number of nitrogen functional groups attached to an aromatic ring is 1. The maximum absolute atomic E-state index is 5.62. The van der Waals surface area contributed by atoms with E-state index in [0.717, 1.165) is 16.6 Å². The van der Waals surface area contributed by atoms with Crippen LogP contribution in [0.15, 0.2) is 48.8 Å². The molecule has 18 heavy (non-hydrogen) atoms. The second kappa shape index (κ2) is 4.29. The molecular weight excluding hydrogens is 226 g/mol. The molecule has 0 unspecified atom stereocenters. The molecule has 0 bridgehead atoms. The molecule has 0 spiro atoms. The fraction of sp³-hybridized carbons (Fsp3) is 0. The molecule has 2 heterocycles. The van der Waals surface area contributed by atoms with Gasteiger partial charge >= 0.3 is 0 Å². The molecule has 3 aromatic rings. The number of nitrogens with zero attached hydrogens (tertiary/aromatic N) is 3. The molecule has 0 aliphatic rings. The minimum Gasteiger partial charge on any atom is -0.384 e. The third kappa shape index (κ3) is 1.93. The van der Waals surface area contributed by atoms with E-state index in [1.54, 1.807) is 18.5 Å². The van der Waals surface area contributed by atoms with Crippen LogP contribution in [0.5, 0.6) is 0 Å². The fourth-order valence-corrected chi connectivity index (χ4v) is 1.77. The van der Waals surface area contributed by atoms with Gasteiger partial charge in [0.25, 0.3) is 0 Å². The van der Waals surface area contributed by atoms with Gasteiger partial charge < -0.3 is 11.1 Å². The van der Waals surface area contributed by atoms with Crippen molar-refractivity contribution in [2.75, 3.05) is 11.1 Å². The van der Waals surface area contributed by atoms with Crippen molar-refractivity contribution in [3.05, 3.63) is 48.8 Å². The summed E-state index contributed by atoms with van der Waals surface area (Å²) in [6, 6.07) is 11.4. The van der Waals surface area contributed by atoms with Crippen LogP contribution in [0.4, 0.5) is 17.5 Å². The zero-order valence-electron chi connectivity index (χ0n) is 9.54. The van der Waals surface area contributed by atoms with Crippen LogP contribution < -0.4 is 11.1 Å². The molecule has 0 atom stereocenters. The quantitative estimate of drug-likeness (QED) is 0.715. The van der Waals surface area contributed by atoms with Gasteiger partial charge in [-0.05, 0) is 30.3 Å². The highest BCUT2D eigenvalue weighted by atomic mass is 15.1. The Morgan fingerprint density at radius 1 is 0.944 bits per heavy atom. The van der Waals surface area contributed by atoms with Crippen molar-refractivity contribution < 1.29 is 0 Å². The number of hydrogen-bond donors (Lipinski definition) is 2. The second-order valence-corrected chi connectivity index (χ2v) is 3.81. The van der Waals surface area contributed by atoms with Crippen LogP contribution in [-0.4, -0.2) is 15.0 Å². The molecule has 0 saturated carbocycles. The topological polar surface area (TPSA) is 76.7 Å². The van der Waals surface area contributed by atoms with Crippen LogP contribution in [0.25, 0.3) is 10.9 Å². The van der Waals surface area contributed by atoms with Crippen molar-refractivity contribution in [1.29, 1.82) is 0 Å². The van der Waals surface area contributed by atoms with E-state index in [4.69, 9.17) is 5.73 Å². The van der Waals surface area contributed by atoms with E-state index >= 15 is 0 Å². The van der Waals surface area contributed by atoms with Crippen LogP contribution in [0, 0.1) is 0 Å². The summed E-state index contributed by atoms with van der Waals surface area (Å²) in [5, 5.41) is 4.16. The summed E-state index contributed by atoms with van der Waals surface area (Å²) < 4.78 is 0. The fourth-order valence-electron chi connectivity index (χ4n) is 1.77. The van der Waals surface area contributed by atoms with Gasteiger partial charge in [-0.2, -0.15) is 4.98 Å². The molecule has 0 amide bonds. The number of hydrogen-bond acceptors (Lipinski definition) is 5. The Bertz CT molecular complexity index is 690. The number of pyridine rings is 1. The summed E-state index contributed by atoms with van der Waals surface area (Å²) in [6.07, 6.45) is 3.39. The molecular formula is C13H11N5. The molecule has 0 saturated heterocycles. The van der Waals surface area contributed by atoms with Gasteiger partial charge in [0.15, 0.2) is 0 Å². The van der Waals surface area contributed by atoms with Crippen LogP contribution in [0.3, 0.4) is 0 Å². The van der Waals surface area contributed by atoms with Gasteiger partial charge in [0.05, 0.1) is 11.2 Å². The molecule has 5 heteroatoms. The second-order valence-electron chi connectivity index (χ2n) is 3.81. The van der Waals surface area contributed by atoms with E-state index in [-0.39, 0.29) is 0 Å². The minimum absolute atomic E-state index is 0.436. The Balaban J connectivity index is 2.05. The SMILES string of the molecule is Nc1ccnc(Nc2cccc3ncccc23)n1. The van der Waals surface area contributed by atoms with Crippen LogP contribution in [0.2, 0.25) is 0 Å². The maximum atomic E-state index is 5.62. The molecule has 1 aromatic carbocycles. The minimum atomic E-state index is 0.436. The zero-order valence-corrected chi connectivity index (χ0v) is 9.54. The molecule has 5 nitrogen and oxygen atoms in total. The molecule has 0 aliphatic carbocycles. The monoisotopic (exact) mass is 237 g/mol. The van der Waals surface area contributed by atoms with E-state index in [1.165, 1.54) is 0 Å². The normalized spacial score (nSPS) is 10.4. The van der Waals surface area contributed by atoms with Gasteiger partial charge in [0.1, 0.15) is 5.82 Å². The molecule has 3 rings (SSSR count). The predicted molar refractivity (Wildman–Crippen MR) is 71.5 cm³/mol. The van der Waals surface area contributed by atoms with Crippen LogP contribution in [0.1, 0.15) is 0 Å². The maximum Gasteiger partial charge on any atom is 0.229 e. The van der Waals surface area contributed by atoms with Crippen molar-refractivity contribution >= 4 is 28.4 Å². The van der Waals surface area contributed by atoms with Crippen molar-refractivity contribution in [3.63, 3.8) is 0 Å². The summed E-state index contributed by atoms with van der Waals surface area (Å²) >= 11 is 0. The average molecular weight is 237 g/mol. The lowest BCUT2D eigenvalue weighted by Gasteiger charge is -2.07. The first-order valence-corrected chi connectivity index (χ1v) is 5.52. The van der Waals surface area contributed by atoms with E-state index in [1.807, 2.05) is 30.3 Å². The van der Waals surface area contributed by atoms with Crippen LogP contribution >= 0.6 is 0 Å². The van der Waals surface area contributed by atoms with Crippen molar-refractivity contribution in [2.24, 2.45) is 0 Å². The third-order valence-electron chi connectivity index (χ3n) is 2.57. The first-order valence-electron chi connectivity index (χ1n) is 5.52. The lowest BCUT2D eigenvalue weighted by Crippen LogP contribution is -2.00. The van der Waals surface area contributed by atoms with Gasteiger partial charge in [0, 0.05) is 17.8 Å². The van der Waals surface area contributed by atoms with E-state index in [9.17, 15) is 0 Å². The number of aromatic nitrogens is 3. The van der Waals surface area contributed by atoms with Crippen molar-refractivity contribution in [2.45, 2.75) is 0 Å². The number of fused-ring (bicyclic) bond motifs is 1.